The molecular weight excluding hydrogens is 397 g/mol. The molecule has 2 unspecified atom stereocenters. The Bertz CT molecular complexity index is 803. The van der Waals surface area contributed by atoms with Crippen LogP contribution in [0.25, 0.3) is 0 Å². The summed E-state index contributed by atoms with van der Waals surface area (Å²) in [4.78, 5) is 24.6. The summed E-state index contributed by atoms with van der Waals surface area (Å²) in [7, 11) is 0. The number of benzene rings is 1. The smallest absolute Gasteiger partial charge is 0.262 e. The van der Waals surface area contributed by atoms with Gasteiger partial charge >= 0.3 is 0 Å². The van der Waals surface area contributed by atoms with Crippen molar-refractivity contribution in [2.45, 2.75) is 19.0 Å². The van der Waals surface area contributed by atoms with Gasteiger partial charge in [-0.1, -0.05) is 18.2 Å². The van der Waals surface area contributed by atoms with Crippen LogP contribution in [0.15, 0.2) is 40.2 Å². The molecule has 5 nitrogen and oxygen atoms in total. The number of amides is 2. The van der Waals surface area contributed by atoms with Crippen molar-refractivity contribution in [1.82, 2.24) is 10.6 Å². The highest BCUT2D eigenvalue weighted by Crippen LogP contribution is 2.22. The SMILES string of the molecule is CC(NC(=O)c1ccc(Br)s1)C(=O)NC(C#N)c1ccccc1F. The van der Waals surface area contributed by atoms with Crippen LogP contribution in [0.5, 0.6) is 0 Å². The monoisotopic (exact) mass is 409 g/mol. The average molecular weight is 410 g/mol. The normalized spacial score (nSPS) is 12.8. The van der Waals surface area contributed by atoms with Crippen LogP contribution in [-0.4, -0.2) is 17.9 Å². The van der Waals surface area contributed by atoms with Gasteiger partial charge in [0.25, 0.3) is 5.91 Å². The molecule has 2 N–H and O–H groups in total. The van der Waals surface area contributed by atoms with Crippen LogP contribution in [0.4, 0.5) is 4.39 Å². The Labute approximate surface area is 150 Å². The number of nitrogens with one attached hydrogen (secondary N) is 2. The van der Waals surface area contributed by atoms with Crippen molar-refractivity contribution in [2.75, 3.05) is 0 Å². The van der Waals surface area contributed by atoms with E-state index in [4.69, 9.17) is 0 Å². The zero-order chi connectivity index (χ0) is 17.7. The van der Waals surface area contributed by atoms with E-state index in [2.05, 4.69) is 26.6 Å². The Balaban J connectivity index is 2.01. The van der Waals surface area contributed by atoms with Crippen molar-refractivity contribution in [3.63, 3.8) is 0 Å². The molecule has 0 fully saturated rings. The molecule has 8 heteroatoms. The number of nitriles is 1. The predicted molar refractivity (Wildman–Crippen MR) is 91.8 cm³/mol. The Morgan fingerprint density at radius 3 is 2.54 bits per heavy atom. The van der Waals surface area contributed by atoms with Gasteiger partial charge in [0.05, 0.1) is 14.7 Å². The fourth-order valence-corrected chi connectivity index (χ4v) is 3.21. The first-order valence-corrected chi connectivity index (χ1v) is 8.54. The highest BCUT2D eigenvalue weighted by atomic mass is 79.9. The summed E-state index contributed by atoms with van der Waals surface area (Å²) in [5.41, 5.74) is 0.0778. The molecule has 2 amide bonds. The Morgan fingerprint density at radius 2 is 1.96 bits per heavy atom. The third-order valence-corrected chi connectivity index (χ3v) is 4.79. The molecule has 2 aromatic rings. The van der Waals surface area contributed by atoms with Crippen molar-refractivity contribution in [1.29, 1.82) is 5.26 Å². The summed E-state index contributed by atoms with van der Waals surface area (Å²) in [6.07, 6.45) is 0. The largest absolute Gasteiger partial charge is 0.340 e. The maximum atomic E-state index is 13.7. The molecule has 0 aliphatic heterocycles. The van der Waals surface area contributed by atoms with E-state index in [0.29, 0.717) is 4.88 Å². The van der Waals surface area contributed by atoms with Crippen molar-refractivity contribution in [2.24, 2.45) is 0 Å². The minimum absolute atomic E-state index is 0.0778. The van der Waals surface area contributed by atoms with Crippen LogP contribution in [-0.2, 0) is 4.79 Å². The first kappa shape index (κ1) is 18.1. The molecule has 1 aromatic carbocycles. The second-order valence-electron chi connectivity index (χ2n) is 4.89. The summed E-state index contributed by atoms with van der Waals surface area (Å²) in [5, 5.41) is 14.1. The second-order valence-corrected chi connectivity index (χ2v) is 7.35. The van der Waals surface area contributed by atoms with E-state index in [0.717, 1.165) is 3.79 Å². The van der Waals surface area contributed by atoms with Crippen LogP contribution in [0.1, 0.15) is 28.2 Å². The van der Waals surface area contributed by atoms with Crippen LogP contribution in [0, 0.1) is 17.1 Å². The summed E-state index contributed by atoms with van der Waals surface area (Å²) in [5.74, 6) is -1.55. The quantitative estimate of drug-likeness (QED) is 0.795. The van der Waals surface area contributed by atoms with Crippen LogP contribution < -0.4 is 10.6 Å². The molecule has 2 rings (SSSR count). The molecule has 0 radical (unpaired) electrons. The maximum Gasteiger partial charge on any atom is 0.262 e. The second kappa shape index (κ2) is 8.04. The van der Waals surface area contributed by atoms with E-state index in [1.165, 1.54) is 36.5 Å². The van der Waals surface area contributed by atoms with Gasteiger partial charge in [-0.2, -0.15) is 5.26 Å². The van der Waals surface area contributed by atoms with Gasteiger partial charge in [-0.15, -0.1) is 11.3 Å². The molecular formula is C16H13BrFN3O2S. The molecule has 0 saturated carbocycles. The molecule has 0 aliphatic rings. The zero-order valence-corrected chi connectivity index (χ0v) is 14.9. The fourth-order valence-electron chi connectivity index (χ4n) is 1.93. The lowest BCUT2D eigenvalue weighted by atomic mass is 10.1. The summed E-state index contributed by atoms with van der Waals surface area (Å²) >= 11 is 4.50. The molecule has 0 aliphatic carbocycles. The van der Waals surface area contributed by atoms with Crippen molar-refractivity contribution in [3.05, 3.63) is 56.4 Å². The third kappa shape index (κ3) is 4.40. The average Bonchev–Trinajstić information content (AvgIpc) is 2.99. The lowest BCUT2D eigenvalue weighted by Gasteiger charge is -2.17. The predicted octanol–water partition coefficient (Wildman–Crippen LogP) is 3.15. The molecule has 24 heavy (non-hydrogen) atoms. The number of hydrogen-bond donors (Lipinski definition) is 2. The first-order chi connectivity index (χ1) is 11.4. The number of hydrogen-bond acceptors (Lipinski definition) is 4. The highest BCUT2D eigenvalue weighted by molar-refractivity contribution is 9.11. The van der Waals surface area contributed by atoms with Crippen molar-refractivity contribution < 1.29 is 14.0 Å². The van der Waals surface area contributed by atoms with Gasteiger partial charge in [0.1, 0.15) is 17.9 Å². The van der Waals surface area contributed by atoms with E-state index in [1.807, 2.05) is 6.07 Å². The van der Waals surface area contributed by atoms with Crippen LogP contribution >= 0.6 is 27.3 Å². The van der Waals surface area contributed by atoms with Gasteiger partial charge in [0.15, 0.2) is 0 Å². The number of carbonyl (C=O) groups is 2. The van der Waals surface area contributed by atoms with Gasteiger partial charge in [-0.25, -0.2) is 4.39 Å². The molecule has 124 valence electrons. The standard InChI is InChI=1S/C16H13BrFN3O2S/c1-9(20-16(23)13-6-7-14(17)24-13)15(22)21-12(8-19)10-4-2-3-5-11(10)18/h2-7,9,12H,1H3,(H,20,23)(H,21,22). The molecule has 0 bridgehead atoms. The Hall–Kier alpha value is -2.24. The number of carbonyl (C=O) groups excluding carboxylic acids is 2. The number of nitrogens with zero attached hydrogens (tertiary/aromatic N) is 1. The van der Waals surface area contributed by atoms with Crippen molar-refractivity contribution >= 4 is 39.1 Å². The Kier molecular flexibility index (Phi) is 6.06. The number of thiophene rings is 1. The molecule has 1 aromatic heterocycles. The van der Waals surface area contributed by atoms with E-state index in [1.54, 1.807) is 18.2 Å². The summed E-state index contributed by atoms with van der Waals surface area (Å²) in [6, 6.07) is 8.92. The molecule has 1 heterocycles. The fraction of sp³-hybridized carbons (Fsp3) is 0.188. The summed E-state index contributed by atoms with van der Waals surface area (Å²) < 4.78 is 14.5. The minimum Gasteiger partial charge on any atom is -0.340 e. The Morgan fingerprint density at radius 1 is 1.25 bits per heavy atom. The third-order valence-electron chi connectivity index (χ3n) is 3.17. The van der Waals surface area contributed by atoms with Gasteiger partial charge in [-0.05, 0) is 41.1 Å². The topological polar surface area (TPSA) is 82.0 Å². The van der Waals surface area contributed by atoms with Gasteiger partial charge in [0, 0.05) is 5.56 Å². The van der Waals surface area contributed by atoms with E-state index >= 15 is 0 Å². The number of halogens is 2. The molecule has 0 saturated heterocycles. The van der Waals surface area contributed by atoms with Crippen molar-refractivity contribution in [3.8, 4) is 6.07 Å². The zero-order valence-electron chi connectivity index (χ0n) is 12.5. The lowest BCUT2D eigenvalue weighted by molar-refractivity contribution is -0.123. The van der Waals surface area contributed by atoms with Crippen LogP contribution in [0.3, 0.4) is 0 Å². The van der Waals surface area contributed by atoms with Gasteiger partial charge < -0.3 is 10.6 Å². The van der Waals surface area contributed by atoms with E-state index in [9.17, 15) is 19.2 Å². The van der Waals surface area contributed by atoms with Crippen LogP contribution in [0.2, 0.25) is 0 Å². The van der Waals surface area contributed by atoms with E-state index < -0.39 is 29.7 Å². The minimum atomic E-state index is -1.13. The van der Waals surface area contributed by atoms with Gasteiger partial charge in [0.2, 0.25) is 5.91 Å². The number of rotatable bonds is 5. The first-order valence-electron chi connectivity index (χ1n) is 6.93. The van der Waals surface area contributed by atoms with Gasteiger partial charge in [-0.3, -0.25) is 9.59 Å². The molecule has 2 atom stereocenters. The molecule has 0 spiro atoms. The summed E-state index contributed by atoms with van der Waals surface area (Å²) in [6.45, 7) is 1.49. The maximum absolute atomic E-state index is 13.7. The highest BCUT2D eigenvalue weighted by Gasteiger charge is 2.22. The lowest BCUT2D eigenvalue weighted by Crippen LogP contribution is -2.45. The van der Waals surface area contributed by atoms with E-state index in [-0.39, 0.29) is 5.56 Å².